The number of methoxy groups -OCH3 is 2. The Hall–Kier alpha value is -2.42. The Morgan fingerprint density at radius 1 is 0.955 bits per heavy atom. The molecule has 0 unspecified atom stereocenters. The topological polar surface area (TPSA) is 38.7 Å². The van der Waals surface area contributed by atoms with Crippen LogP contribution in [0.1, 0.15) is 30.0 Å². The lowest BCUT2D eigenvalue weighted by Gasteiger charge is -2.08. The van der Waals surface area contributed by atoms with Crippen LogP contribution in [0.2, 0.25) is 0 Å². The van der Waals surface area contributed by atoms with Crippen LogP contribution in [0.3, 0.4) is 0 Å². The second kappa shape index (κ2) is 7.55. The smallest absolute Gasteiger partial charge is 0.161 e. The van der Waals surface area contributed by atoms with E-state index < -0.39 is 0 Å². The molecule has 0 aliphatic heterocycles. The quantitative estimate of drug-likeness (QED) is 0.796. The third-order valence-corrected chi connectivity index (χ3v) is 3.49. The van der Waals surface area contributed by atoms with Crippen LogP contribution >= 0.6 is 0 Å². The first kappa shape index (κ1) is 16.0. The number of rotatable bonds is 6. The van der Waals surface area contributed by atoms with Crippen molar-refractivity contribution in [2.45, 2.75) is 19.8 Å². The van der Waals surface area contributed by atoms with E-state index in [0.717, 1.165) is 24.0 Å². The fraction of sp³-hybridized carbons (Fsp3) is 0.263. The molecule has 0 saturated heterocycles. The second-order valence-electron chi connectivity index (χ2n) is 5.09. The summed E-state index contributed by atoms with van der Waals surface area (Å²) in [6.07, 6.45) is 5.96. The Morgan fingerprint density at radius 3 is 2.41 bits per heavy atom. The fourth-order valence-electron chi connectivity index (χ4n) is 2.32. The van der Waals surface area contributed by atoms with Gasteiger partial charge in [0.1, 0.15) is 5.75 Å². The van der Waals surface area contributed by atoms with Crippen LogP contribution in [0.25, 0.3) is 12.2 Å². The Morgan fingerprint density at radius 2 is 1.73 bits per heavy atom. The minimum absolute atomic E-state index is 0.288. The van der Waals surface area contributed by atoms with E-state index in [9.17, 15) is 5.11 Å². The third-order valence-electron chi connectivity index (χ3n) is 3.49. The first-order chi connectivity index (χ1) is 10.7. The number of hydrogen-bond donors (Lipinski definition) is 1. The summed E-state index contributed by atoms with van der Waals surface area (Å²) < 4.78 is 10.5. The molecule has 0 spiro atoms. The first-order valence-electron chi connectivity index (χ1n) is 7.40. The van der Waals surface area contributed by atoms with Gasteiger partial charge < -0.3 is 14.6 Å². The van der Waals surface area contributed by atoms with Crippen molar-refractivity contribution in [2.75, 3.05) is 14.2 Å². The van der Waals surface area contributed by atoms with E-state index >= 15 is 0 Å². The van der Waals surface area contributed by atoms with Crippen LogP contribution in [0.5, 0.6) is 17.2 Å². The average Bonchev–Trinajstić information content (AvgIpc) is 2.55. The van der Waals surface area contributed by atoms with Gasteiger partial charge in [-0.25, -0.2) is 0 Å². The summed E-state index contributed by atoms with van der Waals surface area (Å²) in [4.78, 5) is 0. The number of phenols is 1. The summed E-state index contributed by atoms with van der Waals surface area (Å²) in [5, 5.41) is 9.97. The van der Waals surface area contributed by atoms with E-state index in [0.29, 0.717) is 11.5 Å². The van der Waals surface area contributed by atoms with Gasteiger partial charge >= 0.3 is 0 Å². The molecule has 0 amide bonds. The minimum Gasteiger partial charge on any atom is -0.507 e. The monoisotopic (exact) mass is 298 g/mol. The van der Waals surface area contributed by atoms with Gasteiger partial charge in [0, 0.05) is 5.56 Å². The molecule has 0 saturated carbocycles. The molecule has 3 nitrogen and oxygen atoms in total. The molecule has 2 aromatic rings. The van der Waals surface area contributed by atoms with Crippen LogP contribution in [-0.2, 0) is 6.42 Å². The molecule has 2 aromatic carbocycles. The van der Waals surface area contributed by atoms with Crippen LogP contribution in [0, 0.1) is 0 Å². The van der Waals surface area contributed by atoms with Crippen molar-refractivity contribution >= 4 is 12.2 Å². The van der Waals surface area contributed by atoms with Gasteiger partial charge in [-0.15, -0.1) is 0 Å². The maximum absolute atomic E-state index is 9.97. The van der Waals surface area contributed by atoms with Crippen molar-refractivity contribution in [2.24, 2.45) is 0 Å². The van der Waals surface area contributed by atoms with E-state index in [-0.39, 0.29) is 5.75 Å². The first-order valence-corrected chi connectivity index (χ1v) is 7.40. The highest BCUT2D eigenvalue weighted by atomic mass is 16.5. The molecule has 0 heterocycles. The van der Waals surface area contributed by atoms with Gasteiger partial charge in [-0.05, 0) is 41.8 Å². The van der Waals surface area contributed by atoms with Crippen molar-refractivity contribution in [3.05, 3.63) is 53.1 Å². The summed E-state index contributed by atoms with van der Waals surface area (Å²) in [6.45, 7) is 2.14. The highest BCUT2D eigenvalue weighted by Gasteiger charge is 2.03. The van der Waals surface area contributed by atoms with Crippen LogP contribution < -0.4 is 9.47 Å². The van der Waals surface area contributed by atoms with Crippen LogP contribution in [-0.4, -0.2) is 19.3 Å². The fourth-order valence-corrected chi connectivity index (χ4v) is 2.32. The molecule has 0 fully saturated rings. The van der Waals surface area contributed by atoms with E-state index in [1.165, 1.54) is 5.56 Å². The summed E-state index contributed by atoms with van der Waals surface area (Å²) >= 11 is 0. The zero-order valence-corrected chi connectivity index (χ0v) is 13.3. The maximum Gasteiger partial charge on any atom is 0.161 e. The Balaban J connectivity index is 2.26. The normalized spacial score (nSPS) is 10.9. The highest BCUT2D eigenvalue weighted by molar-refractivity contribution is 5.73. The number of aromatic hydroxyl groups is 1. The molecule has 0 aliphatic carbocycles. The highest BCUT2D eigenvalue weighted by Crippen LogP contribution is 2.29. The van der Waals surface area contributed by atoms with Gasteiger partial charge in [0.05, 0.1) is 14.2 Å². The Kier molecular flexibility index (Phi) is 5.48. The van der Waals surface area contributed by atoms with Gasteiger partial charge in [-0.1, -0.05) is 37.6 Å². The number of benzene rings is 2. The lowest BCUT2D eigenvalue weighted by Crippen LogP contribution is -1.90. The maximum atomic E-state index is 9.97. The number of phenolic OH excluding ortho intramolecular Hbond substituents is 1. The molecular weight excluding hydrogens is 276 g/mol. The van der Waals surface area contributed by atoms with Gasteiger partial charge in [-0.2, -0.15) is 0 Å². The molecule has 0 aromatic heterocycles. The summed E-state index contributed by atoms with van der Waals surface area (Å²) in [5.74, 6) is 1.68. The zero-order chi connectivity index (χ0) is 15.9. The SMILES string of the molecule is CCCc1ccc(O)c(/C=C/c2ccc(OC)c(OC)c2)c1. The number of aryl methyl sites for hydroxylation is 1. The van der Waals surface area contributed by atoms with Crippen molar-refractivity contribution < 1.29 is 14.6 Å². The van der Waals surface area contributed by atoms with Crippen molar-refractivity contribution in [3.63, 3.8) is 0 Å². The lowest BCUT2D eigenvalue weighted by atomic mass is 10.0. The van der Waals surface area contributed by atoms with Crippen molar-refractivity contribution in [1.29, 1.82) is 0 Å². The van der Waals surface area contributed by atoms with Gasteiger partial charge in [-0.3, -0.25) is 0 Å². The Bertz CT molecular complexity index is 660. The molecule has 0 atom stereocenters. The van der Waals surface area contributed by atoms with E-state index in [2.05, 4.69) is 6.92 Å². The standard InChI is InChI=1S/C19H22O3/c1-4-5-14-7-10-17(20)16(12-14)9-6-15-8-11-18(21-2)19(13-15)22-3/h6-13,20H,4-5H2,1-3H3/b9-6+. The van der Waals surface area contributed by atoms with E-state index in [1.54, 1.807) is 20.3 Å². The predicted octanol–water partition coefficient (Wildman–Crippen LogP) is 4.53. The number of ether oxygens (including phenoxy) is 2. The molecule has 22 heavy (non-hydrogen) atoms. The molecule has 0 aliphatic rings. The van der Waals surface area contributed by atoms with Gasteiger partial charge in [0.2, 0.25) is 0 Å². The van der Waals surface area contributed by atoms with Crippen molar-refractivity contribution in [3.8, 4) is 17.2 Å². The van der Waals surface area contributed by atoms with E-state index in [1.807, 2.05) is 42.5 Å². The lowest BCUT2D eigenvalue weighted by molar-refractivity contribution is 0.355. The molecule has 0 bridgehead atoms. The van der Waals surface area contributed by atoms with Crippen molar-refractivity contribution in [1.82, 2.24) is 0 Å². The largest absolute Gasteiger partial charge is 0.507 e. The molecular formula is C19H22O3. The molecule has 116 valence electrons. The minimum atomic E-state index is 0.288. The van der Waals surface area contributed by atoms with Gasteiger partial charge in [0.25, 0.3) is 0 Å². The van der Waals surface area contributed by atoms with Crippen LogP contribution in [0.4, 0.5) is 0 Å². The average molecular weight is 298 g/mol. The molecule has 2 rings (SSSR count). The zero-order valence-electron chi connectivity index (χ0n) is 13.3. The summed E-state index contributed by atoms with van der Waals surface area (Å²) in [5.41, 5.74) is 3.03. The van der Waals surface area contributed by atoms with Crippen LogP contribution in [0.15, 0.2) is 36.4 Å². The number of hydrogen-bond acceptors (Lipinski definition) is 3. The molecule has 1 N–H and O–H groups in total. The molecule has 0 radical (unpaired) electrons. The van der Waals surface area contributed by atoms with E-state index in [4.69, 9.17) is 9.47 Å². The summed E-state index contributed by atoms with van der Waals surface area (Å²) in [7, 11) is 3.23. The second-order valence-corrected chi connectivity index (χ2v) is 5.09. The molecule has 3 heteroatoms. The predicted molar refractivity (Wildman–Crippen MR) is 90.6 cm³/mol. The summed E-state index contributed by atoms with van der Waals surface area (Å²) in [6, 6.07) is 11.5. The van der Waals surface area contributed by atoms with Gasteiger partial charge in [0.15, 0.2) is 11.5 Å². The Labute approximate surface area is 131 Å². The third kappa shape index (κ3) is 3.82.